The number of esters is 1. The van der Waals surface area contributed by atoms with Crippen LogP contribution in [0.25, 0.3) is 0 Å². The zero-order valence-corrected chi connectivity index (χ0v) is 13.4. The summed E-state index contributed by atoms with van der Waals surface area (Å²) in [6.45, 7) is 2.21. The fourth-order valence-corrected chi connectivity index (χ4v) is 2.27. The normalized spacial score (nSPS) is 10.2. The third kappa shape index (κ3) is 3.96. The van der Waals surface area contributed by atoms with Crippen molar-refractivity contribution in [3.05, 3.63) is 64.7 Å². The van der Waals surface area contributed by atoms with Gasteiger partial charge >= 0.3 is 5.97 Å². The van der Waals surface area contributed by atoms with Gasteiger partial charge in [-0.2, -0.15) is 0 Å². The molecule has 0 saturated heterocycles. The first-order chi connectivity index (χ1) is 11.1. The summed E-state index contributed by atoms with van der Waals surface area (Å²) >= 11 is 0. The highest BCUT2D eigenvalue weighted by Gasteiger charge is 2.14. The van der Waals surface area contributed by atoms with Crippen LogP contribution in [0.3, 0.4) is 0 Å². The van der Waals surface area contributed by atoms with E-state index in [2.05, 4.69) is 5.32 Å². The Hall–Kier alpha value is -2.66. The summed E-state index contributed by atoms with van der Waals surface area (Å²) in [6.07, 6.45) is 0. The van der Waals surface area contributed by atoms with Crippen LogP contribution < -0.4 is 5.32 Å². The monoisotopic (exact) mass is 313 g/mol. The second-order valence-electron chi connectivity index (χ2n) is 5.06. The first-order valence-electron chi connectivity index (χ1n) is 7.14. The van der Waals surface area contributed by atoms with Gasteiger partial charge in [0.1, 0.15) is 0 Å². The first-order valence-corrected chi connectivity index (χ1v) is 7.14. The minimum absolute atomic E-state index is 0.243. The quantitative estimate of drug-likeness (QED) is 0.861. The molecule has 0 radical (unpaired) electrons. The van der Waals surface area contributed by atoms with Crippen LogP contribution in [0.15, 0.2) is 42.5 Å². The van der Waals surface area contributed by atoms with Gasteiger partial charge in [-0.1, -0.05) is 18.2 Å². The molecule has 0 fully saturated rings. The molecular formula is C18H19NO4. The lowest BCUT2D eigenvalue weighted by molar-refractivity contribution is 0.0599. The van der Waals surface area contributed by atoms with Gasteiger partial charge in [-0.05, 0) is 42.3 Å². The number of ether oxygens (including phenoxy) is 2. The molecule has 1 amide bonds. The lowest BCUT2D eigenvalue weighted by Gasteiger charge is -2.12. The molecule has 0 saturated carbocycles. The average molecular weight is 313 g/mol. The highest BCUT2D eigenvalue weighted by atomic mass is 16.5. The zero-order valence-electron chi connectivity index (χ0n) is 13.4. The number of hydrogen-bond donors (Lipinski definition) is 1. The van der Waals surface area contributed by atoms with Crippen LogP contribution in [0.2, 0.25) is 0 Å². The first kappa shape index (κ1) is 16.7. The Kier molecular flexibility index (Phi) is 5.49. The van der Waals surface area contributed by atoms with Crippen molar-refractivity contribution in [1.82, 2.24) is 0 Å². The van der Waals surface area contributed by atoms with Gasteiger partial charge in [0, 0.05) is 18.4 Å². The van der Waals surface area contributed by atoms with E-state index in [0.29, 0.717) is 29.0 Å². The molecule has 2 aromatic carbocycles. The van der Waals surface area contributed by atoms with E-state index in [1.807, 2.05) is 6.07 Å². The van der Waals surface area contributed by atoms with Crippen molar-refractivity contribution in [2.45, 2.75) is 13.5 Å². The maximum absolute atomic E-state index is 12.4. The van der Waals surface area contributed by atoms with E-state index in [0.717, 1.165) is 5.56 Å². The predicted octanol–water partition coefficient (Wildman–Crippen LogP) is 3.18. The fourth-order valence-electron chi connectivity index (χ4n) is 2.27. The molecule has 0 aliphatic rings. The summed E-state index contributed by atoms with van der Waals surface area (Å²) in [4.78, 5) is 24.1. The van der Waals surface area contributed by atoms with E-state index in [1.54, 1.807) is 50.4 Å². The third-order valence-corrected chi connectivity index (χ3v) is 3.49. The molecule has 0 bridgehead atoms. The van der Waals surface area contributed by atoms with E-state index in [-0.39, 0.29) is 5.91 Å². The molecule has 120 valence electrons. The van der Waals surface area contributed by atoms with E-state index < -0.39 is 5.97 Å². The average Bonchev–Trinajstić information content (AvgIpc) is 2.56. The molecule has 23 heavy (non-hydrogen) atoms. The summed E-state index contributed by atoms with van der Waals surface area (Å²) in [5, 5.41) is 2.83. The van der Waals surface area contributed by atoms with Crippen LogP contribution in [0.1, 0.15) is 31.8 Å². The van der Waals surface area contributed by atoms with E-state index in [1.165, 1.54) is 7.11 Å². The minimum Gasteiger partial charge on any atom is -0.465 e. The van der Waals surface area contributed by atoms with Gasteiger partial charge < -0.3 is 14.8 Å². The van der Waals surface area contributed by atoms with Crippen LogP contribution in [-0.2, 0) is 16.1 Å². The largest absolute Gasteiger partial charge is 0.465 e. The molecule has 0 unspecified atom stereocenters. The number of carbonyl (C=O) groups is 2. The van der Waals surface area contributed by atoms with Crippen LogP contribution in [0.4, 0.5) is 5.69 Å². The highest BCUT2D eigenvalue weighted by Crippen LogP contribution is 2.20. The maximum Gasteiger partial charge on any atom is 0.338 e. The number of hydrogen-bond acceptors (Lipinski definition) is 4. The fraction of sp³-hybridized carbons (Fsp3) is 0.222. The molecule has 0 spiro atoms. The zero-order chi connectivity index (χ0) is 16.8. The number of methoxy groups -OCH3 is 2. The van der Waals surface area contributed by atoms with Crippen LogP contribution in [0.5, 0.6) is 0 Å². The second-order valence-corrected chi connectivity index (χ2v) is 5.06. The van der Waals surface area contributed by atoms with Gasteiger partial charge in [0.25, 0.3) is 5.91 Å². The van der Waals surface area contributed by atoms with E-state index in [9.17, 15) is 9.59 Å². The number of amides is 1. The van der Waals surface area contributed by atoms with E-state index in [4.69, 9.17) is 9.47 Å². The Labute approximate surface area is 135 Å². The summed E-state index contributed by atoms with van der Waals surface area (Å²) in [5.41, 5.74) is 3.12. The number of nitrogens with one attached hydrogen (secondary N) is 1. The van der Waals surface area contributed by atoms with Gasteiger partial charge in [0.05, 0.1) is 19.3 Å². The predicted molar refractivity (Wildman–Crippen MR) is 87.6 cm³/mol. The molecule has 0 heterocycles. The second kappa shape index (κ2) is 7.56. The SMILES string of the molecule is COCc1cccc(C(=O)Nc2cccc(C(=O)OC)c2C)c1. The van der Waals surface area contributed by atoms with E-state index >= 15 is 0 Å². The smallest absolute Gasteiger partial charge is 0.338 e. The molecule has 0 atom stereocenters. The lowest BCUT2D eigenvalue weighted by Crippen LogP contribution is -2.14. The molecule has 1 N–H and O–H groups in total. The highest BCUT2D eigenvalue weighted by molar-refractivity contribution is 6.05. The third-order valence-electron chi connectivity index (χ3n) is 3.49. The van der Waals surface area contributed by atoms with Crippen LogP contribution >= 0.6 is 0 Å². The van der Waals surface area contributed by atoms with Gasteiger partial charge in [0.2, 0.25) is 0 Å². The molecule has 0 aromatic heterocycles. The molecule has 2 rings (SSSR count). The van der Waals surface area contributed by atoms with Crippen LogP contribution in [-0.4, -0.2) is 26.1 Å². The molecule has 5 nitrogen and oxygen atoms in total. The molecular weight excluding hydrogens is 294 g/mol. The number of rotatable bonds is 5. The molecule has 2 aromatic rings. The minimum atomic E-state index is -0.430. The number of carbonyl (C=O) groups excluding carboxylic acids is 2. The summed E-state index contributed by atoms with van der Waals surface area (Å²) in [5.74, 6) is -0.672. The molecule has 5 heteroatoms. The van der Waals surface area contributed by atoms with Gasteiger partial charge in [-0.25, -0.2) is 4.79 Å². The van der Waals surface area contributed by atoms with Crippen molar-refractivity contribution in [1.29, 1.82) is 0 Å². The van der Waals surface area contributed by atoms with Crippen molar-refractivity contribution in [3.8, 4) is 0 Å². The standard InChI is InChI=1S/C18H19NO4/c1-12-15(18(21)23-3)8-5-9-16(12)19-17(20)14-7-4-6-13(10-14)11-22-2/h4-10H,11H2,1-3H3,(H,19,20). The Bertz CT molecular complexity index is 725. The number of benzene rings is 2. The summed E-state index contributed by atoms with van der Waals surface area (Å²) < 4.78 is 9.81. The van der Waals surface area contributed by atoms with Crippen molar-refractivity contribution in [2.75, 3.05) is 19.5 Å². The van der Waals surface area contributed by atoms with Crippen molar-refractivity contribution in [3.63, 3.8) is 0 Å². The number of anilines is 1. The Morgan fingerprint density at radius 2 is 1.83 bits per heavy atom. The Morgan fingerprint density at radius 1 is 1.09 bits per heavy atom. The molecule has 0 aliphatic carbocycles. The van der Waals surface area contributed by atoms with Crippen molar-refractivity contribution in [2.24, 2.45) is 0 Å². The summed E-state index contributed by atoms with van der Waals surface area (Å²) in [7, 11) is 2.93. The molecule has 0 aliphatic heterocycles. The lowest BCUT2D eigenvalue weighted by atomic mass is 10.1. The Morgan fingerprint density at radius 3 is 2.52 bits per heavy atom. The summed E-state index contributed by atoms with van der Waals surface area (Å²) in [6, 6.07) is 12.3. The Balaban J connectivity index is 2.24. The van der Waals surface area contributed by atoms with Gasteiger partial charge in [-0.15, -0.1) is 0 Å². The van der Waals surface area contributed by atoms with Crippen molar-refractivity contribution < 1.29 is 19.1 Å². The maximum atomic E-state index is 12.4. The van der Waals surface area contributed by atoms with Crippen LogP contribution in [0, 0.1) is 6.92 Å². The van der Waals surface area contributed by atoms with Gasteiger partial charge in [0.15, 0.2) is 0 Å². The van der Waals surface area contributed by atoms with Gasteiger partial charge in [-0.3, -0.25) is 4.79 Å². The van der Waals surface area contributed by atoms with Crippen molar-refractivity contribution >= 4 is 17.6 Å². The topological polar surface area (TPSA) is 64.6 Å².